The lowest BCUT2D eigenvalue weighted by molar-refractivity contribution is 0.927. The molecular weight excluding hydrogens is 873 g/mol. The third-order valence-corrected chi connectivity index (χ3v) is 14.1. The van der Waals surface area contributed by atoms with Gasteiger partial charge in [0.25, 0.3) is 0 Å². The van der Waals surface area contributed by atoms with Crippen LogP contribution >= 0.6 is 0 Å². The number of hydrogen-bond acceptors (Lipinski definition) is 4. The lowest BCUT2D eigenvalue weighted by Gasteiger charge is -2.30. The maximum absolute atomic E-state index is 5.48. The minimum atomic E-state index is -0.0175. The Hall–Kier alpha value is -8.73. The van der Waals surface area contributed by atoms with Crippen LogP contribution in [0, 0.1) is 41.5 Å². The van der Waals surface area contributed by atoms with E-state index < -0.39 is 0 Å². The first-order valence-corrected chi connectivity index (χ1v) is 24.9. The number of hydrogen-bond donors (Lipinski definition) is 0. The average molecular weight is 929 g/mol. The standard InChI is InChI=1S/C68H56N4/c1-44-39-46(3)63(47(4)40-44)65(64-48(5)41-45(2)42-49(64)6)61-37-38-62(60-32-19-18-31-59(60)61)72(56-28-20-27-55(43-56)50-21-10-7-11-22-50)68-70-66(53-25-14-9-15-26-53)69-67(71-68)54-35-33-52(34-36-54)58-30-17-16-29-57(58)51-23-12-8-13-24-51/h7-43,65H,1-6H3. The summed E-state index contributed by atoms with van der Waals surface area (Å²) in [7, 11) is 0. The Morgan fingerprint density at radius 2 is 0.764 bits per heavy atom. The Labute approximate surface area is 424 Å². The Morgan fingerprint density at radius 1 is 0.333 bits per heavy atom. The van der Waals surface area contributed by atoms with Crippen molar-refractivity contribution in [2.75, 3.05) is 4.90 Å². The Kier molecular flexibility index (Phi) is 12.4. The third-order valence-electron chi connectivity index (χ3n) is 14.1. The Balaban J connectivity index is 1.14. The normalized spacial score (nSPS) is 11.3. The zero-order valence-corrected chi connectivity index (χ0v) is 41.7. The molecule has 0 aliphatic heterocycles. The van der Waals surface area contributed by atoms with E-state index in [2.05, 4.69) is 253 Å². The van der Waals surface area contributed by atoms with Gasteiger partial charge in [-0.15, -0.1) is 0 Å². The highest BCUT2D eigenvalue weighted by Crippen LogP contribution is 2.47. The van der Waals surface area contributed by atoms with E-state index in [-0.39, 0.29) is 5.92 Å². The van der Waals surface area contributed by atoms with Crippen molar-refractivity contribution >= 4 is 28.1 Å². The van der Waals surface area contributed by atoms with Crippen LogP contribution in [0.5, 0.6) is 0 Å². The van der Waals surface area contributed by atoms with Crippen LogP contribution in [0.25, 0.3) is 66.9 Å². The molecule has 0 radical (unpaired) electrons. The molecule has 0 unspecified atom stereocenters. The fourth-order valence-corrected chi connectivity index (χ4v) is 11.0. The van der Waals surface area contributed by atoms with Crippen LogP contribution in [-0.2, 0) is 0 Å². The summed E-state index contributed by atoms with van der Waals surface area (Å²) in [5, 5.41) is 2.27. The summed E-state index contributed by atoms with van der Waals surface area (Å²) in [6.45, 7) is 13.5. The van der Waals surface area contributed by atoms with Crippen LogP contribution in [0.4, 0.5) is 17.3 Å². The average Bonchev–Trinajstić information content (AvgIpc) is 3.41. The smallest absolute Gasteiger partial charge is 0.238 e. The SMILES string of the molecule is Cc1cc(C)c(C(c2c(C)cc(C)cc2C)c2ccc(N(c3cccc(-c4ccccc4)c3)c3nc(-c4ccccc4)nc(-c4ccc(-c5ccccc5-c5ccccc5)cc4)n3)c3ccccc23)c(C)c1. The van der Waals surface area contributed by atoms with Crippen molar-refractivity contribution in [2.45, 2.75) is 47.5 Å². The number of aromatic nitrogens is 3. The van der Waals surface area contributed by atoms with E-state index in [4.69, 9.17) is 15.0 Å². The van der Waals surface area contributed by atoms with Crippen molar-refractivity contribution in [3.63, 3.8) is 0 Å². The molecular formula is C68H56N4. The van der Waals surface area contributed by atoms with Crippen LogP contribution in [0.15, 0.2) is 224 Å². The molecule has 10 aromatic carbocycles. The van der Waals surface area contributed by atoms with E-state index >= 15 is 0 Å². The first-order chi connectivity index (χ1) is 35.2. The van der Waals surface area contributed by atoms with Crippen molar-refractivity contribution in [1.29, 1.82) is 0 Å². The Morgan fingerprint density at radius 3 is 1.32 bits per heavy atom. The largest absolute Gasteiger partial charge is 0.278 e. The number of aryl methyl sites for hydroxylation is 6. The molecule has 11 aromatic rings. The molecule has 0 fully saturated rings. The molecule has 1 heterocycles. The summed E-state index contributed by atoms with van der Waals surface area (Å²) in [6.07, 6.45) is 0. The number of anilines is 3. The van der Waals surface area contributed by atoms with Gasteiger partial charge in [-0.3, -0.25) is 4.90 Å². The first-order valence-electron chi connectivity index (χ1n) is 24.9. The van der Waals surface area contributed by atoms with Gasteiger partial charge in [0.15, 0.2) is 11.6 Å². The van der Waals surface area contributed by atoms with Crippen LogP contribution in [0.3, 0.4) is 0 Å². The number of rotatable bonds is 11. The van der Waals surface area contributed by atoms with Crippen molar-refractivity contribution in [1.82, 2.24) is 15.0 Å². The molecule has 0 bridgehead atoms. The molecule has 72 heavy (non-hydrogen) atoms. The quantitative estimate of drug-likeness (QED) is 0.121. The molecule has 0 amide bonds. The van der Waals surface area contributed by atoms with Crippen molar-refractivity contribution < 1.29 is 0 Å². The van der Waals surface area contributed by atoms with Gasteiger partial charge in [-0.05, 0) is 137 Å². The highest BCUT2D eigenvalue weighted by Gasteiger charge is 2.29. The van der Waals surface area contributed by atoms with Crippen LogP contribution in [0.1, 0.15) is 56.0 Å². The molecule has 0 saturated heterocycles. The van der Waals surface area contributed by atoms with Gasteiger partial charge in [0.2, 0.25) is 5.95 Å². The second kappa shape index (κ2) is 19.6. The zero-order valence-electron chi connectivity index (χ0n) is 41.7. The number of nitrogens with zero attached hydrogens (tertiary/aromatic N) is 4. The predicted molar refractivity (Wildman–Crippen MR) is 301 cm³/mol. The van der Waals surface area contributed by atoms with E-state index in [0.29, 0.717) is 17.6 Å². The number of benzene rings is 10. The minimum absolute atomic E-state index is 0.0175. The second-order valence-corrected chi connectivity index (χ2v) is 19.2. The zero-order chi connectivity index (χ0) is 49.3. The molecule has 11 rings (SSSR count). The maximum atomic E-state index is 5.48. The van der Waals surface area contributed by atoms with Gasteiger partial charge in [-0.25, -0.2) is 4.98 Å². The molecule has 0 N–H and O–H groups in total. The van der Waals surface area contributed by atoms with E-state index in [1.807, 2.05) is 18.2 Å². The summed E-state index contributed by atoms with van der Waals surface area (Å²) in [5.74, 6) is 1.68. The maximum Gasteiger partial charge on any atom is 0.238 e. The lowest BCUT2D eigenvalue weighted by atomic mass is 9.75. The minimum Gasteiger partial charge on any atom is -0.278 e. The molecule has 4 heteroatoms. The summed E-state index contributed by atoms with van der Waals surface area (Å²) < 4.78 is 0. The monoisotopic (exact) mass is 928 g/mol. The van der Waals surface area contributed by atoms with Crippen LogP contribution in [-0.4, -0.2) is 15.0 Å². The fraction of sp³-hybridized carbons (Fsp3) is 0.103. The second-order valence-electron chi connectivity index (χ2n) is 19.2. The summed E-state index contributed by atoms with van der Waals surface area (Å²) in [6, 6.07) is 80.2. The Bertz CT molecular complexity index is 3650. The summed E-state index contributed by atoms with van der Waals surface area (Å²) >= 11 is 0. The van der Waals surface area contributed by atoms with Gasteiger partial charge >= 0.3 is 0 Å². The van der Waals surface area contributed by atoms with E-state index in [1.165, 1.54) is 72.1 Å². The molecule has 0 spiro atoms. The van der Waals surface area contributed by atoms with Gasteiger partial charge in [0.1, 0.15) is 0 Å². The third kappa shape index (κ3) is 8.88. The van der Waals surface area contributed by atoms with Crippen molar-refractivity contribution in [3.8, 4) is 56.2 Å². The van der Waals surface area contributed by atoms with Gasteiger partial charge in [-0.1, -0.05) is 217 Å². The molecule has 4 nitrogen and oxygen atoms in total. The van der Waals surface area contributed by atoms with Gasteiger partial charge in [0, 0.05) is 28.1 Å². The van der Waals surface area contributed by atoms with E-state index in [9.17, 15) is 0 Å². The van der Waals surface area contributed by atoms with Gasteiger partial charge < -0.3 is 0 Å². The topological polar surface area (TPSA) is 41.9 Å². The van der Waals surface area contributed by atoms with Gasteiger partial charge in [0.05, 0.1) is 5.69 Å². The molecule has 0 atom stereocenters. The van der Waals surface area contributed by atoms with E-state index in [1.54, 1.807) is 0 Å². The highest BCUT2D eigenvalue weighted by molar-refractivity contribution is 6.01. The molecule has 0 aliphatic carbocycles. The van der Waals surface area contributed by atoms with Crippen LogP contribution in [0.2, 0.25) is 0 Å². The first kappa shape index (κ1) is 45.7. The van der Waals surface area contributed by atoms with E-state index in [0.717, 1.165) is 44.6 Å². The predicted octanol–water partition coefficient (Wildman–Crippen LogP) is 17.9. The fourth-order valence-electron chi connectivity index (χ4n) is 11.0. The highest BCUT2D eigenvalue weighted by atomic mass is 15.3. The van der Waals surface area contributed by atoms with Crippen molar-refractivity contribution in [2.24, 2.45) is 0 Å². The summed E-state index contributed by atoms with van der Waals surface area (Å²) in [4.78, 5) is 18.4. The number of fused-ring (bicyclic) bond motifs is 1. The van der Waals surface area contributed by atoms with Crippen molar-refractivity contribution in [3.05, 3.63) is 275 Å². The lowest BCUT2D eigenvalue weighted by Crippen LogP contribution is -2.17. The molecule has 0 saturated carbocycles. The van der Waals surface area contributed by atoms with Crippen LogP contribution < -0.4 is 4.90 Å². The summed E-state index contributed by atoms with van der Waals surface area (Å²) in [5.41, 5.74) is 22.3. The molecule has 0 aliphatic rings. The molecule has 348 valence electrons. The molecule has 1 aromatic heterocycles. The van der Waals surface area contributed by atoms with Gasteiger partial charge in [-0.2, -0.15) is 9.97 Å².